The standard InChI is InChI=1S/C15H29N5/c1-13(2)8-6-4-5-7-10-17-15(16-3)18-12-14-9-11-19-20-14/h9,11,13H,4-8,10,12H2,1-3H3,(H,19,20)(H2,16,17,18). The van der Waals surface area contributed by atoms with E-state index >= 15 is 0 Å². The first-order valence-electron chi connectivity index (χ1n) is 7.65. The Morgan fingerprint density at radius 1 is 1.25 bits per heavy atom. The lowest BCUT2D eigenvalue weighted by Gasteiger charge is -2.11. The van der Waals surface area contributed by atoms with Crippen molar-refractivity contribution >= 4 is 5.96 Å². The van der Waals surface area contributed by atoms with Crippen molar-refractivity contribution in [2.75, 3.05) is 13.6 Å². The van der Waals surface area contributed by atoms with Gasteiger partial charge in [-0.2, -0.15) is 5.10 Å². The van der Waals surface area contributed by atoms with Crippen molar-refractivity contribution in [2.24, 2.45) is 10.9 Å². The first-order valence-corrected chi connectivity index (χ1v) is 7.65. The average Bonchev–Trinajstić information content (AvgIpc) is 2.94. The molecule has 0 spiro atoms. The summed E-state index contributed by atoms with van der Waals surface area (Å²) < 4.78 is 0. The third-order valence-corrected chi connectivity index (χ3v) is 3.23. The summed E-state index contributed by atoms with van der Waals surface area (Å²) in [5.74, 6) is 1.68. The summed E-state index contributed by atoms with van der Waals surface area (Å²) >= 11 is 0. The molecule has 0 saturated heterocycles. The van der Waals surface area contributed by atoms with E-state index in [4.69, 9.17) is 0 Å². The summed E-state index contributed by atoms with van der Waals surface area (Å²) in [6.45, 7) is 6.27. The minimum atomic E-state index is 0.716. The van der Waals surface area contributed by atoms with Crippen molar-refractivity contribution in [1.29, 1.82) is 0 Å². The van der Waals surface area contributed by atoms with Crippen LogP contribution in [0.15, 0.2) is 17.3 Å². The number of unbranched alkanes of at least 4 members (excludes halogenated alkanes) is 3. The monoisotopic (exact) mass is 279 g/mol. The SMILES string of the molecule is CN=C(NCCCCCCC(C)C)NCc1ccn[nH]1. The van der Waals surface area contributed by atoms with E-state index in [0.29, 0.717) is 6.54 Å². The predicted molar refractivity (Wildman–Crippen MR) is 84.7 cm³/mol. The summed E-state index contributed by atoms with van der Waals surface area (Å²) in [7, 11) is 1.80. The fourth-order valence-electron chi connectivity index (χ4n) is 2.02. The molecule has 1 heterocycles. The summed E-state index contributed by atoms with van der Waals surface area (Å²) in [6.07, 6.45) is 8.27. The average molecular weight is 279 g/mol. The lowest BCUT2D eigenvalue weighted by Crippen LogP contribution is -2.37. The summed E-state index contributed by atoms with van der Waals surface area (Å²) in [6, 6.07) is 1.95. The fraction of sp³-hybridized carbons (Fsp3) is 0.733. The maximum absolute atomic E-state index is 4.20. The number of hydrogen-bond acceptors (Lipinski definition) is 2. The zero-order valence-electron chi connectivity index (χ0n) is 13.1. The first kappa shape index (κ1) is 16.5. The van der Waals surface area contributed by atoms with Crippen LogP contribution >= 0.6 is 0 Å². The number of aromatic amines is 1. The molecule has 5 heteroatoms. The van der Waals surface area contributed by atoms with Gasteiger partial charge in [-0.15, -0.1) is 0 Å². The van der Waals surface area contributed by atoms with Gasteiger partial charge in [-0.05, 0) is 18.4 Å². The Labute approximate surface area is 122 Å². The highest BCUT2D eigenvalue weighted by Gasteiger charge is 1.99. The topological polar surface area (TPSA) is 65.1 Å². The first-order chi connectivity index (χ1) is 9.72. The van der Waals surface area contributed by atoms with Gasteiger partial charge in [-0.3, -0.25) is 10.1 Å². The predicted octanol–water partition coefficient (Wildman–Crippen LogP) is 2.68. The second kappa shape index (κ2) is 10.3. The molecular formula is C15H29N5. The highest BCUT2D eigenvalue weighted by Crippen LogP contribution is 2.08. The lowest BCUT2D eigenvalue weighted by molar-refractivity contribution is 0.518. The van der Waals surface area contributed by atoms with Crippen LogP contribution in [-0.2, 0) is 6.54 Å². The maximum Gasteiger partial charge on any atom is 0.191 e. The molecule has 0 aliphatic heterocycles. The van der Waals surface area contributed by atoms with Gasteiger partial charge in [0.25, 0.3) is 0 Å². The van der Waals surface area contributed by atoms with Crippen molar-refractivity contribution in [3.63, 3.8) is 0 Å². The zero-order chi connectivity index (χ0) is 14.6. The Kier molecular flexibility index (Phi) is 8.51. The van der Waals surface area contributed by atoms with E-state index < -0.39 is 0 Å². The minimum Gasteiger partial charge on any atom is -0.356 e. The van der Waals surface area contributed by atoms with Crippen molar-refractivity contribution < 1.29 is 0 Å². The van der Waals surface area contributed by atoms with Crippen LogP contribution in [0.25, 0.3) is 0 Å². The Morgan fingerprint density at radius 2 is 2.05 bits per heavy atom. The molecule has 3 N–H and O–H groups in total. The lowest BCUT2D eigenvalue weighted by atomic mass is 10.0. The molecule has 1 aromatic heterocycles. The van der Waals surface area contributed by atoms with Gasteiger partial charge in [0.05, 0.1) is 12.2 Å². The van der Waals surface area contributed by atoms with E-state index in [0.717, 1.165) is 24.1 Å². The highest BCUT2D eigenvalue weighted by molar-refractivity contribution is 5.79. The highest BCUT2D eigenvalue weighted by atomic mass is 15.2. The molecule has 0 atom stereocenters. The molecule has 0 fully saturated rings. The van der Waals surface area contributed by atoms with Crippen molar-refractivity contribution in [2.45, 2.75) is 52.5 Å². The van der Waals surface area contributed by atoms with Crippen molar-refractivity contribution in [3.8, 4) is 0 Å². The Balaban J connectivity index is 2.01. The molecule has 1 aromatic rings. The Hall–Kier alpha value is -1.52. The Bertz CT molecular complexity index is 356. The van der Waals surface area contributed by atoms with Gasteiger partial charge in [0.15, 0.2) is 5.96 Å². The van der Waals surface area contributed by atoms with Crippen LogP contribution in [0.2, 0.25) is 0 Å². The van der Waals surface area contributed by atoms with Gasteiger partial charge >= 0.3 is 0 Å². The van der Waals surface area contributed by atoms with Gasteiger partial charge in [0.1, 0.15) is 0 Å². The molecule has 5 nitrogen and oxygen atoms in total. The number of nitrogens with one attached hydrogen (secondary N) is 3. The molecule has 0 amide bonds. The van der Waals surface area contributed by atoms with E-state index in [-0.39, 0.29) is 0 Å². The summed E-state index contributed by atoms with van der Waals surface area (Å²) in [5.41, 5.74) is 1.06. The largest absolute Gasteiger partial charge is 0.356 e. The molecule has 0 aliphatic carbocycles. The second-order valence-corrected chi connectivity index (χ2v) is 5.53. The number of H-pyrrole nitrogens is 1. The van der Waals surface area contributed by atoms with Gasteiger partial charge in [0, 0.05) is 19.8 Å². The molecule has 20 heavy (non-hydrogen) atoms. The van der Waals surface area contributed by atoms with Crippen molar-refractivity contribution in [1.82, 2.24) is 20.8 Å². The molecule has 0 bridgehead atoms. The molecule has 0 aliphatic rings. The maximum atomic E-state index is 4.20. The molecule has 0 radical (unpaired) electrons. The summed E-state index contributed by atoms with van der Waals surface area (Å²) in [4.78, 5) is 4.20. The fourth-order valence-corrected chi connectivity index (χ4v) is 2.02. The molecule has 0 saturated carbocycles. The van der Waals surface area contributed by atoms with Crippen LogP contribution in [0.4, 0.5) is 0 Å². The molecule has 1 rings (SSSR count). The number of nitrogens with zero attached hydrogens (tertiary/aromatic N) is 2. The van der Waals surface area contributed by atoms with Gasteiger partial charge in [0.2, 0.25) is 0 Å². The normalized spacial score (nSPS) is 11.9. The van der Waals surface area contributed by atoms with Gasteiger partial charge < -0.3 is 10.6 Å². The van der Waals surface area contributed by atoms with Crippen LogP contribution in [0.5, 0.6) is 0 Å². The zero-order valence-corrected chi connectivity index (χ0v) is 13.1. The third-order valence-electron chi connectivity index (χ3n) is 3.23. The quantitative estimate of drug-likeness (QED) is 0.370. The van der Waals surface area contributed by atoms with E-state index in [1.54, 1.807) is 13.2 Å². The molecular weight excluding hydrogens is 250 g/mol. The van der Waals surface area contributed by atoms with Crippen LogP contribution < -0.4 is 10.6 Å². The number of rotatable bonds is 9. The van der Waals surface area contributed by atoms with Crippen molar-refractivity contribution in [3.05, 3.63) is 18.0 Å². The van der Waals surface area contributed by atoms with Crippen LogP contribution in [0.3, 0.4) is 0 Å². The van der Waals surface area contributed by atoms with E-state index in [1.165, 1.54) is 32.1 Å². The van der Waals surface area contributed by atoms with Crippen LogP contribution in [0.1, 0.15) is 51.6 Å². The molecule has 0 unspecified atom stereocenters. The third kappa shape index (κ3) is 7.81. The second-order valence-electron chi connectivity index (χ2n) is 5.53. The molecule has 0 aromatic carbocycles. The molecule has 114 valence electrons. The number of aliphatic imine (C=N–C) groups is 1. The van der Waals surface area contributed by atoms with E-state index in [9.17, 15) is 0 Å². The van der Waals surface area contributed by atoms with E-state index in [1.807, 2.05) is 6.07 Å². The number of guanidine groups is 1. The smallest absolute Gasteiger partial charge is 0.191 e. The number of hydrogen-bond donors (Lipinski definition) is 3. The number of aromatic nitrogens is 2. The Morgan fingerprint density at radius 3 is 2.70 bits per heavy atom. The minimum absolute atomic E-state index is 0.716. The van der Waals surface area contributed by atoms with E-state index in [2.05, 4.69) is 39.7 Å². The van der Waals surface area contributed by atoms with Gasteiger partial charge in [-0.1, -0.05) is 39.5 Å². The summed E-state index contributed by atoms with van der Waals surface area (Å²) in [5, 5.41) is 13.4. The van der Waals surface area contributed by atoms with Gasteiger partial charge in [-0.25, -0.2) is 0 Å². The van der Waals surface area contributed by atoms with Crippen LogP contribution in [0, 0.1) is 5.92 Å². The van der Waals surface area contributed by atoms with Crippen LogP contribution in [-0.4, -0.2) is 29.7 Å².